The lowest BCUT2D eigenvalue weighted by Gasteiger charge is -2.54. The van der Waals surface area contributed by atoms with Crippen LogP contribution in [0.5, 0.6) is 0 Å². The van der Waals surface area contributed by atoms with Crippen LogP contribution >= 0.6 is 0 Å². The summed E-state index contributed by atoms with van der Waals surface area (Å²) in [5, 5.41) is 17.8. The van der Waals surface area contributed by atoms with Crippen molar-refractivity contribution >= 4 is 22.0 Å². The number of anilines is 1. The van der Waals surface area contributed by atoms with Crippen molar-refractivity contribution in [2.24, 2.45) is 5.92 Å². The van der Waals surface area contributed by atoms with Gasteiger partial charge in [-0.05, 0) is 86.0 Å². The van der Waals surface area contributed by atoms with Crippen molar-refractivity contribution in [3.05, 3.63) is 228 Å². The number of hydrogen-bond donors (Lipinski definition) is 4. The van der Waals surface area contributed by atoms with E-state index < -0.39 is 0 Å². The van der Waals surface area contributed by atoms with Crippen molar-refractivity contribution in [1.29, 1.82) is 0 Å². The molecule has 1 aliphatic carbocycles. The van der Waals surface area contributed by atoms with Gasteiger partial charge in [0.1, 0.15) is 6.17 Å². The maximum Gasteiger partial charge on any atom is 0.109 e. The van der Waals surface area contributed by atoms with E-state index in [-0.39, 0.29) is 30.8 Å². The largest absolute Gasteiger partial charge is 0.336 e. The molecule has 0 radical (unpaired) electrons. The Morgan fingerprint density at radius 1 is 0.429 bits per heavy atom. The van der Waals surface area contributed by atoms with E-state index in [1.165, 1.54) is 61.0 Å². The monoisotopic (exact) mass is 727 g/mol. The number of para-hydroxylation sites is 1. The van der Waals surface area contributed by atoms with Crippen LogP contribution in [0.2, 0.25) is 0 Å². The van der Waals surface area contributed by atoms with Crippen molar-refractivity contribution in [2.45, 2.75) is 37.2 Å². The number of benzene rings is 7. The molecule has 0 amide bonds. The number of nitrogens with zero attached hydrogens (tertiary/aromatic N) is 1. The number of fused-ring (bicyclic) bond motifs is 1. The Morgan fingerprint density at radius 2 is 0.929 bits per heavy atom. The molecule has 2 fully saturated rings. The van der Waals surface area contributed by atoms with Gasteiger partial charge in [-0.2, -0.15) is 0 Å². The normalized spacial score (nSPS) is 23.4. The van der Waals surface area contributed by atoms with Gasteiger partial charge in [-0.15, -0.1) is 0 Å². The predicted molar refractivity (Wildman–Crippen MR) is 230 cm³/mol. The van der Waals surface area contributed by atoms with Gasteiger partial charge in [0.15, 0.2) is 0 Å². The summed E-state index contributed by atoms with van der Waals surface area (Å²) in [7, 11) is 0. The van der Waals surface area contributed by atoms with Crippen LogP contribution < -0.4 is 26.2 Å². The Hall–Kier alpha value is -6.08. The van der Waals surface area contributed by atoms with Crippen LogP contribution in [0.25, 0.3) is 27.5 Å². The summed E-state index contributed by atoms with van der Waals surface area (Å²) >= 11 is 0. The first kappa shape index (κ1) is 34.4. The highest BCUT2D eigenvalue weighted by Gasteiger charge is 2.42. The standard InChI is InChI=1S/C51H45N5/c1-5-13-38(14-6-1)47-52-48(39-15-7-2-8-16-39)54-49(53-47)40-27-21-35(22-28-40)43-31-25-37-26-32-44(34-45(37)33-43)36-23-29-42(30-24-36)51-55-50(41-17-9-3-10-18-41)56(51)46-19-11-4-12-20-46/h1-29,31-34,42,47-55H,30H2. The Kier molecular flexibility index (Phi) is 9.35. The van der Waals surface area contributed by atoms with Gasteiger partial charge >= 0.3 is 0 Å². The minimum Gasteiger partial charge on any atom is -0.336 e. The minimum absolute atomic E-state index is 0.00730. The topological polar surface area (TPSA) is 51.4 Å². The lowest BCUT2D eigenvalue weighted by atomic mass is 9.87. The van der Waals surface area contributed by atoms with Gasteiger partial charge in [-0.3, -0.25) is 21.3 Å². The minimum atomic E-state index is -0.0249. The summed E-state index contributed by atoms with van der Waals surface area (Å²) in [5.74, 6) is 0.373. The van der Waals surface area contributed by atoms with Crippen LogP contribution in [0.4, 0.5) is 5.69 Å². The zero-order valence-corrected chi connectivity index (χ0v) is 31.2. The summed E-state index contributed by atoms with van der Waals surface area (Å²) < 4.78 is 0. The first-order valence-corrected chi connectivity index (χ1v) is 19.8. The Labute approximate surface area is 329 Å². The molecule has 56 heavy (non-hydrogen) atoms. The van der Waals surface area contributed by atoms with Crippen LogP contribution in [-0.2, 0) is 0 Å². The molecule has 5 atom stereocenters. The van der Waals surface area contributed by atoms with Gasteiger partial charge in [-0.25, -0.2) is 0 Å². The number of allylic oxidation sites excluding steroid dienone is 3. The SMILES string of the molecule is C1=CC(C2NC(c3ccccc3)N2c2ccccc2)CC=C1c1ccc2ccc(-c3ccc(C4NC(c5ccccc5)NC(c5ccccc5)N4)cc3)cc2c1. The average molecular weight is 728 g/mol. The summed E-state index contributed by atoms with van der Waals surface area (Å²) in [6.45, 7) is 0. The number of hydrogen-bond acceptors (Lipinski definition) is 5. The lowest BCUT2D eigenvalue weighted by Crippen LogP contribution is -2.66. The molecule has 2 aliphatic heterocycles. The molecular weight excluding hydrogens is 683 g/mol. The zero-order chi connectivity index (χ0) is 37.3. The molecule has 3 aliphatic rings. The molecule has 5 nitrogen and oxygen atoms in total. The van der Waals surface area contributed by atoms with Crippen molar-refractivity contribution < 1.29 is 0 Å². The highest BCUT2D eigenvalue weighted by atomic mass is 15.5. The van der Waals surface area contributed by atoms with E-state index in [1.807, 2.05) is 0 Å². The first-order chi connectivity index (χ1) is 27.7. The molecule has 0 aromatic heterocycles. The molecule has 4 N–H and O–H groups in total. The Balaban J connectivity index is 0.856. The second-order valence-electron chi connectivity index (χ2n) is 15.1. The molecule has 7 aromatic rings. The van der Waals surface area contributed by atoms with E-state index in [0.717, 1.165) is 6.42 Å². The fraction of sp³-hybridized carbons (Fsp3) is 0.137. The fourth-order valence-corrected chi connectivity index (χ4v) is 8.60. The number of nitrogens with one attached hydrogen (secondary N) is 4. The van der Waals surface area contributed by atoms with E-state index in [2.05, 4.69) is 226 Å². The van der Waals surface area contributed by atoms with Crippen molar-refractivity contribution in [1.82, 2.24) is 21.3 Å². The van der Waals surface area contributed by atoms with Gasteiger partial charge in [0.2, 0.25) is 0 Å². The third-order valence-electron chi connectivity index (χ3n) is 11.6. The second-order valence-corrected chi connectivity index (χ2v) is 15.1. The zero-order valence-electron chi connectivity index (χ0n) is 31.2. The van der Waals surface area contributed by atoms with E-state index >= 15 is 0 Å². The summed E-state index contributed by atoms with van der Waals surface area (Å²) in [6.07, 6.45) is 8.53. The van der Waals surface area contributed by atoms with Gasteiger partial charge in [0, 0.05) is 11.6 Å². The molecule has 2 saturated heterocycles. The van der Waals surface area contributed by atoms with Gasteiger partial charge in [0.05, 0.1) is 24.7 Å². The van der Waals surface area contributed by atoms with Crippen LogP contribution in [0.15, 0.2) is 200 Å². The summed E-state index contributed by atoms with van der Waals surface area (Å²) in [4.78, 5) is 2.54. The summed E-state index contributed by atoms with van der Waals surface area (Å²) in [5.41, 5.74) is 11.1. The van der Waals surface area contributed by atoms with Crippen LogP contribution in [0, 0.1) is 5.92 Å². The van der Waals surface area contributed by atoms with Crippen LogP contribution in [0.1, 0.15) is 58.9 Å². The molecule has 274 valence electrons. The lowest BCUT2D eigenvalue weighted by molar-refractivity contribution is 0.203. The van der Waals surface area contributed by atoms with Crippen LogP contribution in [-0.4, -0.2) is 6.17 Å². The fourth-order valence-electron chi connectivity index (χ4n) is 8.60. The highest BCUT2D eigenvalue weighted by molar-refractivity contribution is 5.91. The second kappa shape index (κ2) is 15.2. The van der Waals surface area contributed by atoms with E-state index in [9.17, 15) is 0 Å². The molecule has 5 unspecified atom stereocenters. The van der Waals surface area contributed by atoms with E-state index in [0.29, 0.717) is 5.92 Å². The van der Waals surface area contributed by atoms with Crippen molar-refractivity contribution in [3.8, 4) is 11.1 Å². The smallest absolute Gasteiger partial charge is 0.109 e. The van der Waals surface area contributed by atoms with Crippen molar-refractivity contribution in [3.63, 3.8) is 0 Å². The Bertz CT molecular complexity index is 2430. The molecule has 10 rings (SSSR count). The predicted octanol–water partition coefficient (Wildman–Crippen LogP) is 10.8. The van der Waals surface area contributed by atoms with Crippen LogP contribution in [0.3, 0.4) is 0 Å². The van der Waals surface area contributed by atoms with E-state index in [1.54, 1.807) is 0 Å². The third kappa shape index (κ3) is 6.87. The quantitative estimate of drug-likeness (QED) is 0.126. The van der Waals surface area contributed by atoms with E-state index in [4.69, 9.17) is 0 Å². The van der Waals surface area contributed by atoms with Gasteiger partial charge < -0.3 is 4.90 Å². The Morgan fingerprint density at radius 3 is 1.50 bits per heavy atom. The average Bonchev–Trinajstić information content (AvgIpc) is 3.27. The molecule has 5 heteroatoms. The molecule has 0 bridgehead atoms. The summed E-state index contributed by atoms with van der Waals surface area (Å²) in [6, 6.07) is 65.5. The molecular formula is C51H45N5. The van der Waals surface area contributed by atoms with Gasteiger partial charge in [0.25, 0.3) is 0 Å². The molecule has 2 heterocycles. The molecule has 7 aromatic carbocycles. The maximum absolute atomic E-state index is 3.89. The van der Waals surface area contributed by atoms with Gasteiger partial charge in [-0.1, -0.05) is 176 Å². The molecule has 0 saturated carbocycles. The third-order valence-corrected chi connectivity index (χ3v) is 11.6. The number of rotatable bonds is 8. The molecule has 0 spiro atoms. The van der Waals surface area contributed by atoms with Crippen molar-refractivity contribution in [2.75, 3.05) is 4.90 Å². The maximum atomic E-state index is 3.89. The first-order valence-electron chi connectivity index (χ1n) is 19.8. The highest BCUT2D eigenvalue weighted by Crippen LogP contribution is 2.40.